The van der Waals surface area contributed by atoms with E-state index in [0.717, 1.165) is 12.8 Å². The Hall–Kier alpha value is -1.09. The van der Waals surface area contributed by atoms with E-state index in [9.17, 15) is 4.79 Å². The number of hydrogen-bond donors (Lipinski definition) is 1. The molecule has 1 aliphatic carbocycles. The molecule has 0 bridgehead atoms. The number of pyridine rings is 1. The molecule has 1 amide bonds. The van der Waals surface area contributed by atoms with Gasteiger partial charge in [0.15, 0.2) is 0 Å². The largest absolute Gasteiger partial charge is 0.349 e. The second kappa shape index (κ2) is 5.50. The van der Waals surface area contributed by atoms with E-state index in [2.05, 4.69) is 17.2 Å². The summed E-state index contributed by atoms with van der Waals surface area (Å²) in [6, 6.07) is 3.59. The van der Waals surface area contributed by atoms with Crippen LogP contribution in [-0.4, -0.2) is 16.9 Å². The van der Waals surface area contributed by atoms with Crippen molar-refractivity contribution in [2.75, 3.05) is 0 Å². The van der Waals surface area contributed by atoms with Crippen LogP contribution in [0.4, 0.5) is 0 Å². The molecule has 0 aromatic carbocycles. The van der Waals surface area contributed by atoms with Crippen molar-refractivity contribution < 1.29 is 4.79 Å². The fourth-order valence-corrected chi connectivity index (χ4v) is 2.55. The van der Waals surface area contributed by atoms with Crippen molar-refractivity contribution in [3.63, 3.8) is 0 Å². The molecule has 2 rings (SSSR count). The highest BCUT2D eigenvalue weighted by Gasteiger charge is 2.20. The van der Waals surface area contributed by atoms with Gasteiger partial charge in [-0.1, -0.05) is 31.4 Å². The Morgan fingerprint density at radius 1 is 1.53 bits per heavy atom. The molecule has 1 aromatic rings. The quantitative estimate of drug-likeness (QED) is 0.822. The SMILES string of the molecule is CC1CCCC(NC(=O)c2ccnc(Cl)c2)C1. The van der Waals surface area contributed by atoms with Crippen LogP contribution in [0.1, 0.15) is 43.0 Å². The molecule has 4 heteroatoms. The van der Waals surface area contributed by atoms with Crippen LogP contribution in [-0.2, 0) is 0 Å². The lowest BCUT2D eigenvalue weighted by Gasteiger charge is -2.27. The first-order valence-corrected chi connectivity index (χ1v) is 6.45. The first-order valence-electron chi connectivity index (χ1n) is 6.07. The second-order valence-electron chi connectivity index (χ2n) is 4.81. The summed E-state index contributed by atoms with van der Waals surface area (Å²) in [6.45, 7) is 2.24. The topological polar surface area (TPSA) is 42.0 Å². The molecule has 1 aromatic heterocycles. The number of nitrogens with zero attached hydrogens (tertiary/aromatic N) is 1. The van der Waals surface area contributed by atoms with E-state index in [4.69, 9.17) is 11.6 Å². The van der Waals surface area contributed by atoms with Gasteiger partial charge < -0.3 is 5.32 Å². The van der Waals surface area contributed by atoms with Gasteiger partial charge in [0.1, 0.15) is 5.15 Å². The molecule has 1 fully saturated rings. The number of rotatable bonds is 2. The van der Waals surface area contributed by atoms with Crippen LogP contribution in [0.3, 0.4) is 0 Å². The Labute approximate surface area is 107 Å². The molecule has 0 saturated heterocycles. The maximum absolute atomic E-state index is 12.0. The molecule has 92 valence electrons. The third kappa shape index (κ3) is 3.43. The summed E-state index contributed by atoms with van der Waals surface area (Å²) in [6.07, 6.45) is 6.18. The van der Waals surface area contributed by atoms with E-state index in [1.165, 1.54) is 12.8 Å². The summed E-state index contributed by atoms with van der Waals surface area (Å²) in [5.74, 6) is 0.656. The van der Waals surface area contributed by atoms with Gasteiger partial charge in [0.2, 0.25) is 0 Å². The van der Waals surface area contributed by atoms with Crippen molar-refractivity contribution in [1.82, 2.24) is 10.3 Å². The summed E-state index contributed by atoms with van der Waals surface area (Å²) in [4.78, 5) is 15.8. The number of halogens is 1. The average molecular weight is 253 g/mol. The normalized spacial score (nSPS) is 24.4. The van der Waals surface area contributed by atoms with Crippen molar-refractivity contribution in [2.45, 2.75) is 38.6 Å². The van der Waals surface area contributed by atoms with Crippen molar-refractivity contribution >= 4 is 17.5 Å². The predicted molar refractivity (Wildman–Crippen MR) is 68.1 cm³/mol. The van der Waals surface area contributed by atoms with Crippen molar-refractivity contribution in [3.05, 3.63) is 29.0 Å². The zero-order valence-corrected chi connectivity index (χ0v) is 10.7. The number of aromatic nitrogens is 1. The zero-order chi connectivity index (χ0) is 12.3. The standard InChI is InChI=1S/C13H17ClN2O/c1-9-3-2-4-11(7-9)16-13(17)10-5-6-15-12(14)8-10/h5-6,8-9,11H,2-4,7H2,1H3,(H,16,17). The van der Waals surface area contributed by atoms with Gasteiger partial charge in [-0.05, 0) is 30.9 Å². The van der Waals surface area contributed by atoms with Crippen molar-refractivity contribution in [2.24, 2.45) is 5.92 Å². The van der Waals surface area contributed by atoms with Gasteiger partial charge in [-0.25, -0.2) is 4.98 Å². The van der Waals surface area contributed by atoms with E-state index in [0.29, 0.717) is 22.7 Å². The monoisotopic (exact) mass is 252 g/mol. The first-order chi connectivity index (χ1) is 8.15. The highest BCUT2D eigenvalue weighted by molar-refractivity contribution is 6.29. The summed E-state index contributed by atoms with van der Waals surface area (Å²) >= 11 is 5.76. The van der Waals surface area contributed by atoms with E-state index in [1.54, 1.807) is 18.3 Å². The van der Waals surface area contributed by atoms with E-state index >= 15 is 0 Å². The van der Waals surface area contributed by atoms with Crippen molar-refractivity contribution in [3.8, 4) is 0 Å². The molecule has 2 unspecified atom stereocenters. The van der Waals surface area contributed by atoms with Gasteiger partial charge in [-0.3, -0.25) is 4.79 Å². The third-order valence-corrected chi connectivity index (χ3v) is 3.47. The van der Waals surface area contributed by atoms with E-state index in [1.807, 2.05) is 0 Å². The summed E-state index contributed by atoms with van der Waals surface area (Å²) in [7, 11) is 0. The minimum Gasteiger partial charge on any atom is -0.349 e. The van der Waals surface area contributed by atoms with Crippen LogP contribution in [0.5, 0.6) is 0 Å². The Balaban J connectivity index is 1.97. The van der Waals surface area contributed by atoms with Gasteiger partial charge in [0, 0.05) is 17.8 Å². The zero-order valence-electron chi connectivity index (χ0n) is 9.95. The van der Waals surface area contributed by atoms with Gasteiger partial charge in [0.05, 0.1) is 0 Å². The Bertz CT molecular complexity index is 408. The molecule has 0 spiro atoms. The molecule has 1 N–H and O–H groups in total. The minimum absolute atomic E-state index is 0.0478. The highest BCUT2D eigenvalue weighted by atomic mass is 35.5. The maximum Gasteiger partial charge on any atom is 0.251 e. The lowest BCUT2D eigenvalue weighted by molar-refractivity contribution is 0.0921. The van der Waals surface area contributed by atoms with Crippen LogP contribution >= 0.6 is 11.6 Å². The Kier molecular flexibility index (Phi) is 4.00. The van der Waals surface area contributed by atoms with Gasteiger partial charge in [-0.15, -0.1) is 0 Å². The summed E-state index contributed by atoms with van der Waals surface area (Å²) in [5.41, 5.74) is 0.586. The Morgan fingerprint density at radius 2 is 2.35 bits per heavy atom. The van der Waals surface area contributed by atoms with Gasteiger partial charge in [-0.2, -0.15) is 0 Å². The predicted octanol–water partition coefficient (Wildman–Crippen LogP) is 3.04. The number of nitrogens with one attached hydrogen (secondary N) is 1. The molecule has 0 aliphatic heterocycles. The molecule has 3 nitrogen and oxygen atoms in total. The summed E-state index contributed by atoms with van der Waals surface area (Å²) in [5, 5.41) is 3.42. The third-order valence-electron chi connectivity index (χ3n) is 3.26. The number of amides is 1. The second-order valence-corrected chi connectivity index (χ2v) is 5.20. The van der Waals surface area contributed by atoms with E-state index in [-0.39, 0.29) is 5.91 Å². The Morgan fingerprint density at radius 3 is 3.06 bits per heavy atom. The molecule has 1 heterocycles. The average Bonchev–Trinajstić information content (AvgIpc) is 2.29. The molecule has 0 radical (unpaired) electrons. The summed E-state index contributed by atoms with van der Waals surface area (Å²) < 4.78 is 0. The molecular formula is C13H17ClN2O. The van der Waals surface area contributed by atoms with Crippen LogP contribution < -0.4 is 5.32 Å². The van der Waals surface area contributed by atoms with Crippen molar-refractivity contribution in [1.29, 1.82) is 0 Å². The van der Waals surface area contributed by atoms with Gasteiger partial charge >= 0.3 is 0 Å². The minimum atomic E-state index is -0.0478. The van der Waals surface area contributed by atoms with Crippen LogP contribution in [0.2, 0.25) is 5.15 Å². The van der Waals surface area contributed by atoms with Crippen LogP contribution in [0.15, 0.2) is 18.3 Å². The van der Waals surface area contributed by atoms with Gasteiger partial charge in [0.25, 0.3) is 5.91 Å². The lowest BCUT2D eigenvalue weighted by atomic mass is 9.87. The first kappa shape index (κ1) is 12.4. The number of hydrogen-bond acceptors (Lipinski definition) is 2. The van der Waals surface area contributed by atoms with E-state index < -0.39 is 0 Å². The fraction of sp³-hybridized carbons (Fsp3) is 0.538. The molecule has 17 heavy (non-hydrogen) atoms. The fourth-order valence-electron chi connectivity index (χ4n) is 2.38. The maximum atomic E-state index is 12.0. The molecular weight excluding hydrogens is 236 g/mol. The number of carbonyl (C=O) groups is 1. The lowest BCUT2D eigenvalue weighted by Crippen LogP contribution is -2.37. The van der Waals surface area contributed by atoms with Crippen LogP contribution in [0.25, 0.3) is 0 Å². The van der Waals surface area contributed by atoms with Crippen LogP contribution in [0, 0.1) is 5.92 Å². The molecule has 1 aliphatic rings. The highest BCUT2D eigenvalue weighted by Crippen LogP contribution is 2.23. The molecule has 2 atom stereocenters. The number of carbonyl (C=O) groups excluding carboxylic acids is 1. The smallest absolute Gasteiger partial charge is 0.251 e. The molecule has 1 saturated carbocycles.